The number of aromatic nitrogens is 1. The summed E-state index contributed by atoms with van der Waals surface area (Å²) in [6, 6.07) is 9.17. The topological polar surface area (TPSA) is 85.2 Å². The largest absolute Gasteiger partial charge is 0.397 e. The number of nitrogens with two attached hydrogens (primary N) is 2. The fourth-order valence-corrected chi connectivity index (χ4v) is 2.38. The number of hydrogen-bond acceptors (Lipinski definition) is 4. The van der Waals surface area contributed by atoms with Gasteiger partial charge in [-0.15, -0.1) is 0 Å². The first-order valence-corrected chi connectivity index (χ1v) is 6.82. The van der Waals surface area contributed by atoms with E-state index < -0.39 is 5.91 Å². The number of rotatable bonds is 4. The Balaban J connectivity index is 2.36. The molecule has 1 atom stereocenters. The Bertz CT molecular complexity index is 674. The molecular formula is C15H17ClN4O. The molecule has 110 valence electrons. The Morgan fingerprint density at radius 3 is 2.67 bits per heavy atom. The summed E-state index contributed by atoms with van der Waals surface area (Å²) in [6.07, 6.45) is 1.44. The Morgan fingerprint density at radius 2 is 2.05 bits per heavy atom. The summed E-state index contributed by atoms with van der Waals surface area (Å²) in [5.41, 5.74) is 12.5. The lowest BCUT2D eigenvalue weighted by atomic mass is 10.1. The number of nitrogen functional groups attached to an aromatic ring is 1. The van der Waals surface area contributed by atoms with E-state index in [1.807, 2.05) is 43.1 Å². The zero-order chi connectivity index (χ0) is 15.6. The molecule has 0 fully saturated rings. The van der Waals surface area contributed by atoms with E-state index >= 15 is 0 Å². The first kappa shape index (κ1) is 15.1. The predicted molar refractivity (Wildman–Crippen MR) is 85.4 cm³/mol. The normalized spacial score (nSPS) is 12.0. The van der Waals surface area contributed by atoms with Crippen LogP contribution in [-0.2, 0) is 0 Å². The Labute approximate surface area is 128 Å². The molecule has 4 N–H and O–H groups in total. The number of nitrogens with zero attached hydrogens (tertiary/aromatic N) is 2. The number of primary amides is 1. The summed E-state index contributed by atoms with van der Waals surface area (Å²) in [7, 11) is 1.87. The fourth-order valence-electron chi connectivity index (χ4n) is 2.08. The summed E-state index contributed by atoms with van der Waals surface area (Å²) in [4.78, 5) is 17.5. The van der Waals surface area contributed by atoms with Crippen molar-refractivity contribution < 1.29 is 4.79 Å². The molecule has 1 aromatic carbocycles. The van der Waals surface area contributed by atoms with Gasteiger partial charge in [0.2, 0.25) is 0 Å². The Kier molecular flexibility index (Phi) is 4.33. The second-order valence-electron chi connectivity index (χ2n) is 4.80. The molecule has 0 bridgehead atoms. The van der Waals surface area contributed by atoms with Crippen LogP contribution >= 0.6 is 11.6 Å². The summed E-state index contributed by atoms with van der Waals surface area (Å²) in [5, 5.41) is 0.683. The van der Waals surface area contributed by atoms with E-state index in [9.17, 15) is 4.79 Å². The van der Waals surface area contributed by atoms with E-state index in [2.05, 4.69) is 4.98 Å². The van der Waals surface area contributed by atoms with Crippen LogP contribution in [0.25, 0.3) is 0 Å². The van der Waals surface area contributed by atoms with Crippen molar-refractivity contribution in [2.24, 2.45) is 5.73 Å². The van der Waals surface area contributed by atoms with Crippen molar-refractivity contribution in [3.63, 3.8) is 0 Å². The van der Waals surface area contributed by atoms with Crippen LogP contribution in [0.4, 0.5) is 11.5 Å². The molecule has 2 rings (SSSR count). The molecule has 6 heteroatoms. The number of hydrogen-bond donors (Lipinski definition) is 2. The van der Waals surface area contributed by atoms with Crippen molar-refractivity contribution in [2.45, 2.75) is 13.0 Å². The molecule has 0 spiro atoms. The molecule has 2 aromatic rings. The first-order valence-electron chi connectivity index (χ1n) is 6.44. The van der Waals surface area contributed by atoms with Crippen LogP contribution in [0.3, 0.4) is 0 Å². The molecule has 0 aliphatic carbocycles. The lowest BCUT2D eigenvalue weighted by molar-refractivity contribution is 0.100. The van der Waals surface area contributed by atoms with Crippen LogP contribution in [0.2, 0.25) is 5.02 Å². The van der Waals surface area contributed by atoms with Crippen LogP contribution in [0.1, 0.15) is 28.9 Å². The molecule has 0 aliphatic rings. The van der Waals surface area contributed by atoms with Crippen molar-refractivity contribution in [1.29, 1.82) is 0 Å². The molecule has 1 aromatic heterocycles. The van der Waals surface area contributed by atoms with Gasteiger partial charge in [-0.3, -0.25) is 4.79 Å². The number of carbonyl (C=O) groups excluding carboxylic acids is 1. The zero-order valence-electron chi connectivity index (χ0n) is 11.9. The second kappa shape index (κ2) is 6.01. The van der Waals surface area contributed by atoms with Crippen molar-refractivity contribution >= 4 is 29.0 Å². The van der Waals surface area contributed by atoms with Gasteiger partial charge in [0.1, 0.15) is 5.82 Å². The summed E-state index contributed by atoms with van der Waals surface area (Å²) >= 11 is 6.22. The van der Waals surface area contributed by atoms with Crippen LogP contribution in [0.5, 0.6) is 0 Å². The average molecular weight is 305 g/mol. The van der Waals surface area contributed by atoms with Gasteiger partial charge in [-0.05, 0) is 24.6 Å². The zero-order valence-corrected chi connectivity index (χ0v) is 12.6. The Hall–Kier alpha value is -2.27. The smallest absolute Gasteiger partial charge is 0.250 e. The number of halogens is 1. The van der Waals surface area contributed by atoms with Crippen molar-refractivity contribution in [3.8, 4) is 0 Å². The molecule has 1 heterocycles. The summed E-state index contributed by atoms with van der Waals surface area (Å²) < 4.78 is 0. The van der Waals surface area contributed by atoms with E-state index in [1.54, 1.807) is 6.07 Å². The highest BCUT2D eigenvalue weighted by molar-refractivity contribution is 6.31. The Morgan fingerprint density at radius 1 is 1.38 bits per heavy atom. The molecule has 0 saturated heterocycles. The van der Waals surface area contributed by atoms with Crippen LogP contribution in [0, 0.1) is 0 Å². The standard InChI is InChI=1S/C15H17ClN4O/c1-9(10-5-3-4-6-12(10)16)20(2)14-7-11(15(18)21)13(17)8-19-14/h3-9H,17H2,1-2H3,(H2,18,21). The monoisotopic (exact) mass is 304 g/mol. The third-order valence-corrected chi connectivity index (χ3v) is 3.83. The van der Waals surface area contributed by atoms with Crippen molar-refractivity contribution in [3.05, 3.63) is 52.7 Å². The van der Waals surface area contributed by atoms with Crippen molar-refractivity contribution in [1.82, 2.24) is 4.98 Å². The van der Waals surface area contributed by atoms with Gasteiger partial charge in [-0.25, -0.2) is 4.98 Å². The van der Waals surface area contributed by atoms with E-state index in [1.165, 1.54) is 6.20 Å². The number of pyridine rings is 1. The molecule has 1 amide bonds. The van der Waals surface area contributed by atoms with Crippen molar-refractivity contribution in [2.75, 3.05) is 17.7 Å². The van der Waals surface area contributed by atoms with Gasteiger partial charge in [0.15, 0.2) is 0 Å². The minimum Gasteiger partial charge on any atom is -0.397 e. The molecular weight excluding hydrogens is 288 g/mol. The predicted octanol–water partition coefficient (Wildman–Crippen LogP) is 2.61. The van der Waals surface area contributed by atoms with Gasteiger partial charge in [0, 0.05) is 12.1 Å². The van der Waals surface area contributed by atoms with E-state index in [-0.39, 0.29) is 17.3 Å². The fraction of sp³-hybridized carbons (Fsp3) is 0.200. The summed E-state index contributed by atoms with van der Waals surface area (Å²) in [6.45, 7) is 2.00. The van der Waals surface area contributed by atoms with Gasteiger partial charge < -0.3 is 16.4 Å². The number of anilines is 2. The van der Waals surface area contributed by atoms with Gasteiger partial charge in [0.25, 0.3) is 5.91 Å². The van der Waals surface area contributed by atoms with E-state index in [0.29, 0.717) is 10.8 Å². The maximum Gasteiger partial charge on any atom is 0.250 e. The molecule has 1 unspecified atom stereocenters. The van der Waals surface area contributed by atoms with E-state index in [4.69, 9.17) is 23.1 Å². The first-order chi connectivity index (χ1) is 9.91. The van der Waals surface area contributed by atoms with Gasteiger partial charge in [0.05, 0.1) is 23.5 Å². The maximum atomic E-state index is 11.4. The van der Waals surface area contributed by atoms with Gasteiger partial charge >= 0.3 is 0 Å². The quantitative estimate of drug-likeness (QED) is 0.909. The number of carbonyl (C=O) groups is 1. The minimum absolute atomic E-state index is 0.0180. The van der Waals surface area contributed by atoms with Crippen LogP contribution in [-0.4, -0.2) is 17.9 Å². The number of benzene rings is 1. The molecule has 5 nitrogen and oxygen atoms in total. The molecule has 0 saturated carbocycles. The molecule has 0 radical (unpaired) electrons. The van der Waals surface area contributed by atoms with Crippen LogP contribution in [0.15, 0.2) is 36.5 Å². The average Bonchev–Trinajstić information content (AvgIpc) is 2.46. The van der Waals surface area contributed by atoms with Crippen LogP contribution < -0.4 is 16.4 Å². The maximum absolute atomic E-state index is 11.4. The molecule has 21 heavy (non-hydrogen) atoms. The van der Waals surface area contributed by atoms with E-state index in [0.717, 1.165) is 5.56 Å². The third-order valence-electron chi connectivity index (χ3n) is 3.48. The lowest BCUT2D eigenvalue weighted by Gasteiger charge is -2.27. The summed E-state index contributed by atoms with van der Waals surface area (Å²) in [5.74, 6) is 0.0281. The minimum atomic E-state index is -0.574. The third kappa shape index (κ3) is 3.08. The molecule has 0 aliphatic heterocycles. The SMILES string of the molecule is CC(c1ccccc1Cl)N(C)c1cc(C(N)=O)c(N)cn1. The number of amides is 1. The van der Waals surface area contributed by atoms with Gasteiger partial charge in [-0.2, -0.15) is 0 Å². The highest BCUT2D eigenvalue weighted by Gasteiger charge is 2.17. The second-order valence-corrected chi connectivity index (χ2v) is 5.21. The highest BCUT2D eigenvalue weighted by Crippen LogP contribution is 2.29. The van der Waals surface area contributed by atoms with Gasteiger partial charge in [-0.1, -0.05) is 29.8 Å². The highest BCUT2D eigenvalue weighted by atomic mass is 35.5. The lowest BCUT2D eigenvalue weighted by Crippen LogP contribution is -2.24.